The maximum Gasteiger partial charge on any atom is 0.263 e. The van der Waals surface area contributed by atoms with Crippen LogP contribution in [0.1, 0.15) is 40.5 Å². The maximum absolute atomic E-state index is 12.5. The van der Waals surface area contributed by atoms with Gasteiger partial charge in [0.15, 0.2) is 0 Å². The molecule has 0 saturated heterocycles. The van der Waals surface area contributed by atoms with Gasteiger partial charge in [-0.2, -0.15) is 0 Å². The molecule has 1 heterocycles. The van der Waals surface area contributed by atoms with Gasteiger partial charge >= 0.3 is 0 Å². The lowest BCUT2D eigenvalue weighted by molar-refractivity contribution is -0.122. The van der Waals surface area contributed by atoms with E-state index in [0.29, 0.717) is 5.92 Å². The number of rotatable bonds is 4. The van der Waals surface area contributed by atoms with Crippen LogP contribution in [0.5, 0.6) is 0 Å². The van der Waals surface area contributed by atoms with Crippen LogP contribution in [0.25, 0.3) is 0 Å². The van der Waals surface area contributed by atoms with E-state index in [1.807, 2.05) is 6.92 Å². The number of carbonyl (C=O) groups excluding carboxylic acids is 3. The lowest BCUT2D eigenvalue weighted by Gasteiger charge is -2.17. The van der Waals surface area contributed by atoms with Crippen molar-refractivity contribution in [3.63, 3.8) is 0 Å². The molecule has 1 fully saturated rings. The molecule has 0 radical (unpaired) electrons. The highest BCUT2D eigenvalue weighted by Gasteiger charge is 2.42. The monoisotopic (exact) mass is 408 g/mol. The molecule has 0 bridgehead atoms. The van der Waals surface area contributed by atoms with Crippen LogP contribution in [0.4, 0.5) is 0 Å². The van der Waals surface area contributed by atoms with E-state index in [1.165, 1.54) is 0 Å². The van der Waals surface area contributed by atoms with Gasteiger partial charge in [0.1, 0.15) is 6.54 Å². The summed E-state index contributed by atoms with van der Waals surface area (Å²) in [6, 6.07) is 0.00347. The van der Waals surface area contributed by atoms with E-state index < -0.39 is 24.3 Å². The molecule has 0 aromatic heterocycles. The van der Waals surface area contributed by atoms with Gasteiger partial charge in [-0.1, -0.05) is 46.4 Å². The third kappa shape index (κ3) is 2.88. The van der Waals surface area contributed by atoms with Crippen molar-refractivity contribution in [3.8, 4) is 0 Å². The number of hydrogen-bond acceptors (Lipinski definition) is 3. The van der Waals surface area contributed by atoms with Crippen molar-refractivity contribution < 1.29 is 14.4 Å². The second-order valence-corrected chi connectivity index (χ2v) is 7.41. The molecule has 128 valence electrons. The van der Waals surface area contributed by atoms with E-state index in [1.54, 1.807) is 0 Å². The van der Waals surface area contributed by atoms with Crippen LogP contribution in [0.15, 0.2) is 0 Å². The van der Waals surface area contributed by atoms with Gasteiger partial charge in [-0.15, -0.1) is 0 Å². The van der Waals surface area contributed by atoms with E-state index in [2.05, 4.69) is 5.32 Å². The van der Waals surface area contributed by atoms with Gasteiger partial charge in [-0.05, 0) is 25.7 Å². The van der Waals surface area contributed by atoms with Crippen LogP contribution < -0.4 is 5.32 Å². The summed E-state index contributed by atoms with van der Waals surface area (Å²) in [6.45, 7) is 1.48. The van der Waals surface area contributed by atoms with E-state index in [-0.39, 0.29) is 37.3 Å². The predicted molar refractivity (Wildman–Crippen MR) is 92.2 cm³/mol. The zero-order valence-electron chi connectivity index (χ0n) is 12.5. The molecule has 1 aromatic carbocycles. The number of hydrogen-bond donors (Lipinski definition) is 1. The molecule has 1 aliphatic heterocycles. The van der Waals surface area contributed by atoms with Crippen molar-refractivity contribution in [1.82, 2.24) is 10.2 Å². The average molecular weight is 410 g/mol. The number of amides is 3. The molecule has 0 spiro atoms. The fourth-order valence-corrected chi connectivity index (χ4v) is 3.71. The second kappa shape index (κ2) is 6.37. The predicted octanol–water partition coefficient (Wildman–Crippen LogP) is 3.81. The summed E-state index contributed by atoms with van der Waals surface area (Å²) in [7, 11) is 0. The number of benzene rings is 1. The van der Waals surface area contributed by atoms with Crippen LogP contribution in [0.2, 0.25) is 20.1 Å². The smallest absolute Gasteiger partial charge is 0.263 e. The van der Waals surface area contributed by atoms with Gasteiger partial charge in [0.25, 0.3) is 11.8 Å². The van der Waals surface area contributed by atoms with Crippen molar-refractivity contribution in [2.45, 2.75) is 25.8 Å². The van der Waals surface area contributed by atoms with E-state index in [4.69, 9.17) is 46.4 Å². The first-order valence-electron chi connectivity index (χ1n) is 7.25. The normalized spacial score (nSPS) is 18.0. The lowest BCUT2D eigenvalue weighted by Crippen LogP contribution is -2.43. The number of nitrogens with one attached hydrogen (secondary N) is 1. The summed E-state index contributed by atoms with van der Waals surface area (Å²) in [5.41, 5.74) is -0.242. The minimum absolute atomic E-state index is 0.00347. The highest BCUT2D eigenvalue weighted by molar-refractivity contribution is 6.55. The summed E-state index contributed by atoms with van der Waals surface area (Å²) in [5.74, 6) is -1.39. The standard InChI is InChI=1S/C15H12Cl4N2O3/c1-5(6-2-3-6)20-7(22)4-21-14(23)8-9(15(21)24)11(17)13(19)12(18)10(8)16/h5-6H,2-4H2,1H3,(H,20,22). The van der Waals surface area contributed by atoms with Gasteiger partial charge in [0, 0.05) is 6.04 Å². The summed E-state index contributed by atoms with van der Waals surface area (Å²) in [6.07, 6.45) is 2.13. The van der Waals surface area contributed by atoms with Crippen molar-refractivity contribution in [2.75, 3.05) is 6.54 Å². The Morgan fingerprint density at radius 1 is 1.04 bits per heavy atom. The Labute approximate surface area is 158 Å². The Morgan fingerprint density at radius 2 is 1.50 bits per heavy atom. The van der Waals surface area contributed by atoms with E-state index in [9.17, 15) is 14.4 Å². The van der Waals surface area contributed by atoms with E-state index >= 15 is 0 Å². The maximum atomic E-state index is 12.5. The van der Waals surface area contributed by atoms with Crippen LogP contribution in [-0.2, 0) is 4.79 Å². The fraction of sp³-hybridized carbons (Fsp3) is 0.400. The van der Waals surface area contributed by atoms with Crippen LogP contribution in [0.3, 0.4) is 0 Å². The third-order valence-corrected chi connectivity index (χ3v) is 6.01. The molecule has 1 atom stereocenters. The Morgan fingerprint density at radius 3 is 1.92 bits per heavy atom. The largest absolute Gasteiger partial charge is 0.352 e. The number of fused-ring (bicyclic) bond motifs is 1. The minimum atomic E-state index is -0.713. The molecule has 1 aromatic rings. The summed E-state index contributed by atoms with van der Waals surface area (Å²) in [4.78, 5) is 37.9. The molecule has 1 aliphatic carbocycles. The molecule has 2 aliphatic rings. The first-order chi connectivity index (χ1) is 11.2. The molecule has 1 N–H and O–H groups in total. The van der Waals surface area contributed by atoms with Crippen molar-refractivity contribution >= 4 is 64.1 Å². The molecular weight excluding hydrogens is 398 g/mol. The zero-order chi connectivity index (χ0) is 17.8. The molecule has 9 heteroatoms. The quantitative estimate of drug-likeness (QED) is 0.467. The number of carbonyl (C=O) groups is 3. The van der Waals surface area contributed by atoms with Crippen molar-refractivity contribution in [1.29, 1.82) is 0 Å². The fourth-order valence-electron chi connectivity index (χ4n) is 2.70. The molecule has 3 amide bonds. The van der Waals surface area contributed by atoms with Crippen LogP contribution >= 0.6 is 46.4 Å². The molecule has 24 heavy (non-hydrogen) atoms. The van der Waals surface area contributed by atoms with Crippen molar-refractivity contribution in [2.24, 2.45) is 5.92 Å². The van der Waals surface area contributed by atoms with Gasteiger partial charge in [0.05, 0.1) is 31.2 Å². The summed E-state index contributed by atoms with van der Waals surface area (Å²) < 4.78 is 0. The Hall–Kier alpha value is -1.01. The Balaban J connectivity index is 1.86. The third-order valence-electron chi connectivity index (χ3n) is 4.20. The molecule has 1 unspecified atom stereocenters. The Bertz CT molecular complexity index is 730. The van der Waals surface area contributed by atoms with E-state index in [0.717, 1.165) is 17.7 Å². The van der Waals surface area contributed by atoms with Crippen molar-refractivity contribution in [3.05, 3.63) is 31.2 Å². The van der Waals surface area contributed by atoms with Gasteiger partial charge < -0.3 is 5.32 Å². The SMILES string of the molecule is CC(NC(=O)CN1C(=O)c2c(Cl)c(Cl)c(Cl)c(Cl)c2C1=O)C1CC1. The summed E-state index contributed by atoms with van der Waals surface area (Å²) in [5, 5.41) is 2.30. The first kappa shape index (κ1) is 17.8. The second-order valence-electron chi connectivity index (χ2n) is 5.90. The van der Waals surface area contributed by atoms with Gasteiger partial charge in [-0.25, -0.2) is 0 Å². The molecular formula is C15H12Cl4N2O3. The van der Waals surface area contributed by atoms with Gasteiger partial charge in [-0.3, -0.25) is 19.3 Å². The van der Waals surface area contributed by atoms with Gasteiger partial charge in [0.2, 0.25) is 5.91 Å². The first-order valence-corrected chi connectivity index (χ1v) is 8.76. The highest BCUT2D eigenvalue weighted by Crippen LogP contribution is 2.44. The molecule has 5 nitrogen and oxygen atoms in total. The minimum Gasteiger partial charge on any atom is -0.352 e. The van der Waals surface area contributed by atoms with Crippen LogP contribution in [0, 0.1) is 5.92 Å². The number of nitrogens with zero attached hydrogens (tertiary/aromatic N) is 1. The zero-order valence-corrected chi connectivity index (χ0v) is 15.5. The number of imide groups is 1. The Kier molecular flexibility index (Phi) is 4.73. The molecule has 1 saturated carbocycles. The average Bonchev–Trinajstić information content (AvgIpc) is 3.34. The van der Waals surface area contributed by atoms with Crippen LogP contribution in [-0.4, -0.2) is 35.2 Å². The lowest BCUT2D eigenvalue weighted by atomic mass is 10.1. The number of halogens is 4. The highest BCUT2D eigenvalue weighted by atomic mass is 35.5. The molecule has 3 rings (SSSR count). The topological polar surface area (TPSA) is 66.5 Å². The summed E-state index contributed by atoms with van der Waals surface area (Å²) >= 11 is 23.9.